The van der Waals surface area contributed by atoms with Crippen LogP contribution in [0.5, 0.6) is 5.75 Å². The van der Waals surface area contributed by atoms with Gasteiger partial charge in [-0.05, 0) is 24.5 Å². The lowest BCUT2D eigenvalue weighted by Gasteiger charge is -2.21. The van der Waals surface area contributed by atoms with Crippen LogP contribution in [0.25, 0.3) is 10.1 Å². The smallest absolute Gasteiger partial charge is 0.328 e. The molecule has 0 spiro atoms. The van der Waals surface area contributed by atoms with Crippen LogP contribution in [-0.2, 0) is 25.5 Å². The number of carbonyl (C=O) groups is 4. The molecule has 0 radical (unpaired) electrons. The number of carbonyl (C=O) groups excluding carboxylic acids is 4. The fraction of sp³-hybridized carbons (Fsp3) is 0.429. The maximum absolute atomic E-state index is 12.4. The first-order chi connectivity index (χ1) is 14.2. The Labute approximate surface area is 178 Å². The standard InChI is InChI=1S/C21H26N2O6S/c1-5-11(3)18(21(27)28-4)23-15(24)10-29-12-8-7-9-14-16(12)17(13(6-2)30-14)19(25)20(22)26/h7-9,11,18H,5-6,10H2,1-4H3,(H2,22,26)(H,23,24)/t11?,18-/m0/s1. The van der Waals surface area contributed by atoms with Gasteiger partial charge in [-0.15, -0.1) is 11.3 Å². The predicted octanol–water partition coefficient (Wildman–Crippen LogP) is 2.21. The Hall–Kier alpha value is -2.94. The molecule has 0 aliphatic heterocycles. The molecule has 1 aromatic carbocycles. The zero-order chi connectivity index (χ0) is 22.4. The van der Waals surface area contributed by atoms with Crippen LogP contribution >= 0.6 is 11.3 Å². The van der Waals surface area contributed by atoms with Crippen molar-refractivity contribution in [3.05, 3.63) is 28.6 Å². The molecular formula is C21H26N2O6S. The molecule has 0 aliphatic rings. The topological polar surface area (TPSA) is 125 Å². The molecule has 8 nitrogen and oxygen atoms in total. The molecule has 1 heterocycles. The zero-order valence-electron chi connectivity index (χ0n) is 17.4. The maximum atomic E-state index is 12.4. The van der Waals surface area contributed by atoms with E-state index in [4.69, 9.17) is 15.2 Å². The van der Waals surface area contributed by atoms with Crippen molar-refractivity contribution < 1.29 is 28.7 Å². The highest BCUT2D eigenvalue weighted by atomic mass is 32.1. The van der Waals surface area contributed by atoms with Gasteiger partial charge in [-0.2, -0.15) is 0 Å². The van der Waals surface area contributed by atoms with Crippen molar-refractivity contribution in [2.75, 3.05) is 13.7 Å². The van der Waals surface area contributed by atoms with E-state index in [9.17, 15) is 19.2 Å². The van der Waals surface area contributed by atoms with E-state index < -0.39 is 29.6 Å². The van der Waals surface area contributed by atoms with Crippen LogP contribution in [0.15, 0.2) is 18.2 Å². The third-order valence-electron chi connectivity index (χ3n) is 4.87. The van der Waals surface area contributed by atoms with Crippen LogP contribution in [0.1, 0.15) is 42.4 Å². The van der Waals surface area contributed by atoms with E-state index in [1.807, 2.05) is 20.8 Å². The summed E-state index contributed by atoms with van der Waals surface area (Å²) in [5.74, 6) is -2.70. The summed E-state index contributed by atoms with van der Waals surface area (Å²) >= 11 is 1.37. The third kappa shape index (κ3) is 4.96. The normalized spacial score (nSPS) is 12.8. The first-order valence-electron chi connectivity index (χ1n) is 9.63. The van der Waals surface area contributed by atoms with E-state index in [0.717, 1.165) is 9.58 Å². The highest BCUT2D eigenvalue weighted by Crippen LogP contribution is 2.38. The Morgan fingerprint density at radius 3 is 2.47 bits per heavy atom. The van der Waals surface area contributed by atoms with Crippen molar-refractivity contribution in [3.63, 3.8) is 0 Å². The monoisotopic (exact) mass is 434 g/mol. The van der Waals surface area contributed by atoms with E-state index in [1.165, 1.54) is 18.4 Å². The van der Waals surface area contributed by atoms with Crippen molar-refractivity contribution in [2.45, 2.75) is 39.7 Å². The average molecular weight is 435 g/mol. The molecule has 2 amide bonds. The fourth-order valence-electron chi connectivity index (χ4n) is 3.05. The Morgan fingerprint density at radius 1 is 1.20 bits per heavy atom. The lowest BCUT2D eigenvalue weighted by Crippen LogP contribution is -2.47. The summed E-state index contributed by atoms with van der Waals surface area (Å²) in [6.45, 7) is 5.24. The third-order valence-corrected chi connectivity index (χ3v) is 6.16. The largest absolute Gasteiger partial charge is 0.483 e. The molecule has 30 heavy (non-hydrogen) atoms. The van der Waals surface area contributed by atoms with Crippen molar-refractivity contribution >= 4 is 45.0 Å². The Bertz CT molecular complexity index is 968. The number of Topliss-reactive ketones (excluding diaryl/α,β-unsaturated/α-hetero) is 1. The van der Waals surface area contributed by atoms with Gasteiger partial charge >= 0.3 is 5.97 Å². The van der Waals surface area contributed by atoms with Gasteiger partial charge in [-0.1, -0.05) is 33.3 Å². The number of esters is 1. The molecular weight excluding hydrogens is 408 g/mol. The number of thiophene rings is 1. The fourth-order valence-corrected chi connectivity index (χ4v) is 4.21. The molecule has 9 heteroatoms. The Balaban J connectivity index is 2.28. The van der Waals surface area contributed by atoms with Crippen molar-refractivity contribution in [1.82, 2.24) is 5.32 Å². The maximum Gasteiger partial charge on any atom is 0.328 e. The lowest BCUT2D eigenvalue weighted by molar-refractivity contribution is -0.146. The van der Waals surface area contributed by atoms with Crippen molar-refractivity contribution in [2.24, 2.45) is 11.7 Å². The van der Waals surface area contributed by atoms with Gasteiger partial charge in [-0.3, -0.25) is 14.4 Å². The van der Waals surface area contributed by atoms with E-state index in [2.05, 4.69) is 5.32 Å². The van der Waals surface area contributed by atoms with Gasteiger partial charge in [0.2, 0.25) is 0 Å². The second kappa shape index (κ2) is 10.2. The number of fused-ring (bicyclic) bond motifs is 1. The second-order valence-electron chi connectivity index (χ2n) is 6.82. The van der Waals surface area contributed by atoms with E-state index in [1.54, 1.807) is 18.2 Å². The predicted molar refractivity (Wildman–Crippen MR) is 114 cm³/mol. The number of hydrogen-bond acceptors (Lipinski definition) is 7. The van der Waals surface area contributed by atoms with Crippen LogP contribution in [0, 0.1) is 5.92 Å². The van der Waals surface area contributed by atoms with Gasteiger partial charge in [-0.25, -0.2) is 4.79 Å². The molecule has 0 fully saturated rings. The SMILES string of the molecule is CCc1sc2cccc(OCC(=O)N[C@H](C(=O)OC)C(C)CC)c2c1C(=O)C(N)=O. The summed E-state index contributed by atoms with van der Waals surface area (Å²) in [5, 5.41) is 3.09. The van der Waals surface area contributed by atoms with Crippen LogP contribution in [0.3, 0.4) is 0 Å². The number of ether oxygens (including phenoxy) is 2. The highest BCUT2D eigenvalue weighted by Gasteiger charge is 2.28. The summed E-state index contributed by atoms with van der Waals surface area (Å²) in [7, 11) is 1.26. The number of nitrogens with one attached hydrogen (secondary N) is 1. The number of ketones is 1. The quantitative estimate of drug-likeness (QED) is 0.336. The Kier molecular flexibility index (Phi) is 7.93. The van der Waals surface area contributed by atoms with Crippen molar-refractivity contribution in [1.29, 1.82) is 0 Å². The van der Waals surface area contributed by atoms with Crippen LogP contribution < -0.4 is 15.8 Å². The van der Waals surface area contributed by atoms with Crippen LogP contribution in [-0.4, -0.2) is 43.3 Å². The number of amides is 2. The minimum atomic E-state index is -1.05. The molecule has 162 valence electrons. The number of benzene rings is 1. The van der Waals surface area contributed by atoms with Gasteiger partial charge in [0, 0.05) is 15.0 Å². The van der Waals surface area contributed by atoms with Gasteiger partial charge in [0.15, 0.2) is 6.61 Å². The van der Waals surface area contributed by atoms with Gasteiger partial charge in [0.05, 0.1) is 12.7 Å². The second-order valence-corrected chi connectivity index (χ2v) is 7.96. The molecule has 0 saturated heterocycles. The first-order valence-corrected chi connectivity index (χ1v) is 10.4. The minimum absolute atomic E-state index is 0.117. The summed E-state index contributed by atoms with van der Waals surface area (Å²) < 4.78 is 11.2. The summed E-state index contributed by atoms with van der Waals surface area (Å²) in [4.78, 5) is 49.0. The molecule has 2 atom stereocenters. The molecule has 2 aromatic rings. The summed E-state index contributed by atoms with van der Waals surface area (Å²) in [5.41, 5.74) is 5.44. The average Bonchev–Trinajstić information content (AvgIpc) is 3.13. The zero-order valence-corrected chi connectivity index (χ0v) is 18.3. The van der Waals surface area contributed by atoms with Crippen LogP contribution in [0.4, 0.5) is 0 Å². The van der Waals surface area contributed by atoms with E-state index >= 15 is 0 Å². The molecule has 0 aliphatic carbocycles. The number of methoxy groups -OCH3 is 1. The highest BCUT2D eigenvalue weighted by molar-refractivity contribution is 7.19. The number of rotatable bonds is 10. The minimum Gasteiger partial charge on any atom is -0.483 e. The van der Waals surface area contributed by atoms with Crippen molar-refractivity contribution in [3.8, 4) is 5.75 Å². The lowest BCUT2D eigenvalue weighted by atomic mass is 9.99. The summed E-state index contributed by atoms with van der Waals surface area (Å²) in [6.07, 6.45) is 1.22. The van der Waals surface area contributed by atoms with E-state index in [-0.39, 0.29) is 18.1 Å². The number of nitrogens with two attached hydrogens (primary N) is 1. The first kappa shape index (κ1) is 23.3. The van der Waals surface area contributed by atoms with Crippen LogP contribution in [0.2, 0.25) is 0 Å². The molecule has 2 rings (SSSR count). The molecule has 1 aromatic heterocycles. The van der Waals surface area contributed by atoms with E-state index in [0.29, 0.717) is 24.0 Å². The number of hydrogen-bond donors (Lipinski definition) is 2. The number of aryl methyl sites for hydroxylation is 1. The number of primary amides is 1. The molecule has 3 N–H and O–H groups in total. The molecule has 0 saturated carbocycles. The van der Waals surface area contributed by atoms with Gasteiger partial charge in [0.1, 0.15) is 11.8 Å². The van der Waals surface area contributed by atoms with Gasteiger partial charge < -0.3 is 20.5 Å². The molecule has 0 bridgehead atoms. The Morgan fingerprint density at radius 2 is 1.90 bits per heavy atom. The summed E-state index contributed by atoms with van der Waals surface area (Å²) in [6, 6.07) is 4.37. The van der Waals surface area contributed by atoms with Gasteiger partial charge in [0.25, 0.3) is 17.6 Å². The molecule has 1 unspecified atom stereocenters.